The monoisotopic (exact) mass is 663 g/mol. The molecular formula is C22H18Br2N2Pt. The molecule has 2 aromatic carbocycles. The van der Waals surface area contributed by atoms with E-state index in [2.05, 4.69) is 60.8 Å². The zero-order chi connectivity index (χ0) is 19.2. The quantitative estimate of drug-likeness (QED) is 0.227. The summed E-state index contributed by atoms with van der Waals surface area (Å²) in [4.78, 5) is 8.50. The van der Waals surface area contributed by atoms with E-state index in [0.29, 0.717) is 0 Å². The number of hydrogen-bond donors (Lipinski definition) is 0. The topological polar surface area (TPSA) is 25.8 Å². The van der Waals surface area contributed by atoms with Crippen LogP contribution in [0.5, 0.6) is 0 Å². The summed E-state index contributed by atoms with van der Waals surface area (Å²) in [5.74, 6) is 0. The number of halogens is 2. The van der Waals surface area contributed by atoms with Crippen molar-refractivity contribution < 1.29 is 14.5 Å². The van der Waals surface area contributed by atoms with Crippen molar-refractivity contribution in [2.24, 2.45) is 0 Å². The summed E-state index contributed by atoms with van der Waals surface area (Å²) in [5, 5.41) is 0. The Morgan fingerprint density at radius 1 is 0.481 bits per heavy atom. The SMILES string of the molecule is [Br][Pt][Br].c1ccc(-c2ccccn2)cc1.c1ccc(-c2ccccn2)cc1. The van der Waals surface area contributed by atoms with Crippen molar-refractivity contribution in [3.63, 3.8) is 0 Å². The summed E-state index contributed by atoms with van der Waals surface area (Å²) in [6.07, 6.45) is 3.62. The first-order valence-corrected chi connectivity index (χ1v) is 18.0. The van der Waals surface area contributed by atoms with Crippen LogP contribution in [0, 0.1) is 0 Å². The molecule has 0 atom stereocenters. The van der Waals surface area contributed by atoms with Gasteiger partial charge < -0.3 is 0 Å². The molecule has 0 saturated heterocycles. The second-order valence-corrected chi connectivity index (χ2v) is 15.1. The Morgan fingerprint density at radius 3 is 1.11 bits per heavy atom. The first-order chi connectivity index (χ1) is 13.3. The summed E-state index contributed by atoms with van der Waals surface area (Å²) in [5.41, 5.74) is 4.38. The van der Waals surface area contributed by atoms with Gasteiger partial charge in [0.2, 0.25) is 0 Å². The van der Waals surface area contributed by atoms with Gasteiger partial charge in [0.15, 0.2) is 0 Å². The maximum atomic E-state index is 4.25. The van der Waals surface area contributed by atoms with E-state index >= 15 is 0 Å². The van der Waals surface area contributed by atoms with E-state index in [1.165, 1.54) is 0 Å². The number of nitrogens with zero attached hydrogens (tertiary/aromatic N) is 2. The minimum Gasteiger partial charge on any atom is -0.256 e. The zero-order valence-electron chi connectivity index (χ0n) is 14.4. The predicted molar refractivity (Wildman–Crippen MR) is 117 cm³/mol. The molecule has 0 aliphatic heterocycles. The zero-order valence-corrected chi connectivity index (χ0v) is 19.8. The Kier molecular flexibility index (Phi) is 10.9. The van der Waals surface area contributed by atoms with E-state index in [4.69, 9.17) is 0 Å². The Hall–Kier alpha value is -1.61. The van der Waals surface area contributed by atoms with Crippen molar-refractivity contribution >= 4 is 26.6 Å². The molecule has 5 heteroatoms. The van der Waals surface area contributed by atoms with Gasteiger partial charge in [0.1, 0.15) is 0 Å². The average molecular weight is 665 g/mol. The Morgan fingerprint density at radius 2 is 0.815 bits per heavy atom. The molecule has 140 valence electrons. The van der Waals surface area contributed by atoms with Crippen LogP contribution in [0.2, 0.25) is 0 Å². The first-order valence-electron chi connectivity index (χ1n) is 8.10. The first kappa shape index (κ1) is 21.7. The van der Waals surface area contributed by atoms with Crippen LogP contribution in [-0.4, -0.2) is 9.97 Å². The minimum absolute atomic E-state index is 0.208. The van der Waals surface area contributed by atoms with Crippen LogP contribution < -0.4 is 0 Å². The maximum Gasteiger partial charge on any atom is 0.0701 e. The van der Waals surface area contributed by atoms with E-state index in [-0.39, 0.29) is 14.5 Å². The molecule has 0 spiro atoms. The molecule has 2 nitrogen and oxygen atoms in total. The smallest absolute Gasteiger partial charge is 0.0701 e. The van der Waals surface area contributed by atoms with Gasteiger partial charge in [-0.1, -0.05) is 72.8 Å². The number of aromatic nitrogens is 2. The predicted octanol–water partition coefficient (Wildman–Crippen LogP) is 7.19. The molecule has 0 saturated carbocycles. The third-order valence-corrected chi connectivity index (χ3v) is 3.47. The summed E-state index contributed by atoms with van der Waals surface area (Å²) in [7, 11) is 0. The molecule has 0 N–H and O–H groups in total. The molecule has 0 amide bonds. The van der Waals surface area contributed by atoms with Gasteiger partial charge in [-0.2, -0.15) is 0 Å². The molecule has 0 fully saturated rings. The molecule has 0 radical (unpaired) electrons. The number of benzene rings is 2. The molecule has 2 aromatic heterocycles. The summed E-state index contributed by atoms with van der Waals surface area (Å²) < 4.78 is 0. The molecule has 0 unspecified atom stereocenters. The van der Waals surface area contributed by atoms with Gasteiger partial charge in [-0.25, -0.2) is 0 Å². The van der Waals surface area contributed by atoms with Gasteiger partial charge in [-0.3, -0.25) is 9.97 Å². The second kappa shape index (κ2) is 13.5. The van der Waals surface area contributed by atoms with Crippen LogP contribution >= 0.6 is 26.6 Å². The van der Waals surface area contributed by atoms with E-state index in [9.17, 15) is 0 Å². The van der Waals surface area contributed by atoms with Crippen molar-refractivity contribution in [1.29, 1.82) is 0 Å². The molecule has 2 heterocycles. The van der Waals surface area contributed by atoms with Gasteiger partial charge in [0.25, 0.3) is 0 Å². The van der Waals surface area contributed by atoms with Crippen molar-refractivity contribution in [3.05, 3.63) is 109 Å². The fraction of sp³-hybridized carbons (Fsp3) is 0. The van der Waals surface area contributed by atoms with Crippen molar-refractivity contribution in [1.82, 2.24) is 9.97 Å². The number of pyridine rings is 2. The van der Waals surface area contributed by atoms with Gasteiger partial charge >= 0.3 is 41.0 Å². The van der Waals surface area contributed by atoms with E-state index in [1.807, 2.05) is 85.2 Å². The largest absolute Gasteiger partial charge is 0.256 e. The van der Waals surface area contributed by atoms with Crippen molar-refractivity contribution in [2.45, 2.75) is 0 Å². The van der Waals surface area contributed by atoms with Crippen LogP contribution in [0.3, 0.4) is 0 Å². The van der Waals surface area contributed by atoms with E-state index in [0.717, 1.165) is 22.5 Å². The van der Waals surface area contributed by atoms with Gasteiger partial charge in [-0.05, 0) is 24.3 Å². The second-order valence-electron chi connectivity index (χ2n) is 5.21. The summed E-state index contributed by atoms with van der Waals surface area (Å²) in [6.45, 7) is 0. The van der Waals surface area contributed by atoms with Crippen LogP contribution in [0.25, 0.3) is 22.5 Å². The fourth-order valence-electron chi connectivity index (χ4n) is 2.28. The Balaban J connectivity index is 0.000000170. The third-order valence-electron chi connectivity index (χ3n) is 3.47. The van der Waals surface area contributed by atoms with Gasteiger partial charge in [-0.15, -0.1) is 0 Å². The van der Waals surface area contributed by atoms with Crippen LogP contribution in [-0.2, 0) is 14.5 Å². The van der Waals surface area contributed by atoms with Crippen molar-refractivity contribution in [3.8, 4) is 22.5 Å². The normalized spacial score (nSPS) is 9.41. The number of hydrogen-bond acceptors (Lipinski definition) is 2. The Labute approximate surface area is 181 Å². The molecule has 0 aliphatic carbocycles. The van der Waals surface area contributed by atoms with Crippen LogP contribution in [0.1, 0.15) is 0 Å². The third kappa shape index (κ3) is 8.30. The summed E-state index contributed by atoms with van der Waals surface area (Å²) >= 11 is 6.56. The average Bonchev–Trinajstić information content (AvgIpc) is 2.77. The maximum absolute atomic E-state index is 4.25. The number of rotatable bonds is 2. The standard InChI is InChI=1S/2C11H9N.2BrH.Pt/c2*1-2-6-10(7-3-1)11-8-4-5-9-12-11;;;/h2*1-9H;2*1H;/q;;;;+2/p-2. The minimum atomic E-state index is 0.208. The summed E-state index contributed by atoms with van der Waals surface area (Å²) in [6, 6.07) is 32.2. The molecular weight excluding hydrogens is 647 g/mol. The van der Waals surface area contributed by atoms with Crippen LogP contribution in [0.4, 0.5) is 0 Å². The molecule has 4 aromatic rings. The molecule has 0 aliphatic rings. The van der Waals surface area contributed by atoms with Crippen LogP contribution in [0.15, 0.2) is 109 Å². The van der Waals surface area contributed by atoms with Gasteiger partial charge in [0, 0.05) is 23.5 Å². The molecule has 27 heavy (non-hydrogen) atoms. The Bertz CT molecular complexity index is 711. The fourth-order valence-corrected chi connectivity index (χ4v) is 2.28. The molecule has 4 rings (SSSR count). The molecule has 0 bridgehead atoms. The van der Waals surface area contributed by atoms with E-state index in [1.54, 1.807) is 0 Å². The van der Waals surface area contributed by atoms with Crippen molar-refractivity contribution in [2.75, 3.05) is 0 Å². The van der Waals surface area contributed by atoms with E-state index < -0.39 is 0 Å². The van der Waals surface area contributed by atoms with Gasteiger partial charge in [0.05, 0.1) is 11.4 Å².